The molecule has 0 spiro atoms. The minimum absolute atomic E-state index is 0.0906. The predicted molar refractivity (Wildman–Crippen MR) is 155 cm³/mol. The Kier molecular flexibility index (Phi) is 8.00. The zero-order valence-corrected chi connectivity index (χ0v) is 25.1. The molecule has 2 aromatic rings. The van der Waals surface area contributed by atoms with Crippen LogP contribution in [0, 0.1) is 28.6 Å². The number of likely N-dealkylation sites (tertiary alicyclic amines) is 1. The molecule has 1 saturated carbocycles. The molecule has 0 bridgehead atoms. The number of amides is 4. The maximum atomic E-state index is 14.2. The number of ether oxygens (including phenoxy) is 1. The Morgan fingerprint density at radius 3 is 2.48 bits per heavy atom. The second-order valence-corrected chi connectivity index (χ2v) is 13.7. The molecule has 3 fully saturated rings. The molecule has 226 valence electrons. The number of primary amides is 1. The number of rotatable bonds is 8. The number of nitrogens with zero attached hydrogens (tertiary/aromatic N) is 3. The number of aromatic nitrogens is 2. The summed E-state index contributed by atoms with van der Waals surface area (Å²) in [5.74, 6) is -1.47. The van der Waals surface area contributed by atoms with Gasteiger partial charge in [-0.3, -0.25) is 19.2 Å². The molecular weight excluding hydrogens is 536 g/mol. The van der Waals surface area contributed by atoms with E-state index in [-0.39, 0.29) is 40.7 Å². The van der Waals surface area contributed by atoms with Gasteiger partial charge >= 0.3 is 0 Å². The number of fused-ring (bicyclic) bond motifs is 2. The fourth-order valence-corrected chi connectivity index (χ4v) is 6.83. The molecule has 2 saturated heterocycles. The van der Waals surface area contributed by atoms with Gasteiger partial charge in [-0.1, -0.05) is 58.9 Å². The summed E-state index contributed by atoms with van der Waals surface area (Å²) in [6.45, 7) is 11.6. The van der Waals surface area contributed by atoms with E-state index >= 15 is 0 Å². The van der Waals surface area contributed by atoms with Crippen LogP contribution in [0.4, 0.5) is 0 Å². The molecule has 2 aliphatic heterocycles. The van der Waals surface area contributed by atoms with Crippen LogP contribution in [0.2, 0.25) is 0 Å². The first-order valence-electron chi connectivity index (χ1n) is 14.8. The topological polar surface area (TPSA) is 157 Å². The average Bonchev–Trinajstić information content (AvgIpc) is 3.26. The Bertz CT molecular complexity index is 1380. The molecular formula is C31H42N6O5. The summed E-state index contributed by atoms with van der Waals surface area (Å²) in [5, 5.41) is 15.4. The number of nitrogens with one attached hydrogen (secondary N) is 2. The second-order valence-electron chi connectivity index (χ2n) is 13.7. The zero-order chi connectivity index (χ0) is 30.4. The molecule has 4 N–H and O–H groups in total. The maximum Gasteiger partial charge on any atom is 0.246 e. The number of carbonyl (C=O) groups is 4. The van der Waals surface area contributed by atoms with Crippen LogP contribution in [-0.4, -0.2) is 70.6 Å². The van der Waals surface area contributed by atoms with E-state index in [1.54, 1.807) is 17.2 Å². The zero-order valence-electron chi connectivity index (χ0n) is 25.1. The van der Waals surface area contributed by atoms with Crippen LogP contribution in [-0.2, 0) is 23.9 Å². The molecule has 1 aromatic carbocycles. The van der Waals surface area contributed by atoms with E-state index in [2.05, 4.69) is 34.7 Å². The number of nitrogens with two attached hydrogens (primary N) is 1. The van der Waals surface area contributed by atoms with Gasteiger partial charge in [-0.2, -0.15) is 10.2 Å². The quantitative estimate of drug-likeness (QED) is 0.433. The summed E-state index contributed by atoms with van der Waals surface area (Å²) >= 11 is 0. The van der Waals surface area contributed by atoms with Crippen molar-refractivity contribution in [3.8, 4) is 0 Å². The van der Waals surface area contributed by atoms with Crippen molar-refractivity contribution >= 4 is 34.4 Å². The van der Waals surface area contributed by atoms with E-state index in [0.29, 0.717) is 31.6 Å². The van der Waals surface area contributed by atoms with Gasteiger partial charge < -0.3 is 26.0 Å². The highest BCUT2D eigenvalue weighted by Gasteiger charge is 2.70. The van der Waals surface area contributed by atoms with Gasteiger partial charge in [0.05, 0.1) is 6.20 Å². The lowest BCUT2D eigenvalue weighted by Gasteiger charge is -2.38. The normalized spacial score (nSPS) is 24.9. The minimum Gasteiger partial charge on any atom is -0.381 e. The van der Waals surface area contributed by atoms with Gasteiger partial charge in [-0.05, 0) is 41.4 Å². The maximum absolute atomic E-state index is 14.2. The van der Waals surface area contributed by atoms with E-state index < -0.39 is 35.4 Å². The third kappa shape index (κ3) is 5.71. The number of benzene rings is 1. The van der Waals surface area contributed by atoms with Gasteiger partial charge in [-0.15, -0.1) is 0 Å². The monoisotopic (exact) mass is 578 g/mol. The van der Waals surface area contributed by atoms with Crippen LogP contribution in [0.1, 0.15) is 65.6 Å². The first-order chi connectivity index (χ1) is 19.8. The summed E-state index contributed by atoms with van der Waals surface area (Å²) in [4.78, 5) is 55.5. The third-order valence-corrected chi connectivity index (χ3v) is 9.44. The SMILES string of the molecule is CC(C)(C)C(NC(=O)CC1CCOCC1)C(=O)N1C[C@H]2[C@@H]([C@H]1C(=O)NC(C(N)=O)c1nncc3ccccc13)C2(C)C. The van der Waals surface area contributed by atoms with Crippen molar-refractivity contribution < 1.29 is 23.9 Å². The molecule has 1 aromatic heterocycles. The summed E-state index contributed by atoms with van der Waals surface area (Å²) in [7, 11) is 0. The number of hydrogen-bond acceptors (Lipinski definition) is 7. The van der Waals surface area contributed by atoms with Gasteiger partial charge in [-0.25, -0.2) is 0 Å². The molecule has 4 amide bonds. The fourth-order valence-electron chi connectivity index (χ4n) is 6.83. The highest BCUT2D eigenvalue weighted by atomic mass is 16.5. The molecule has 2 unspecified atom stereocenters. The number of piperidine rings is 1. The first kappa shape index (κ1) is 29.9. The summed E-state index contributed by atoms with van der Waals surface area (Å²) < 4.78 is 5.41. The van der Waals surface area contributed by atoms with Gasteiger partial charge in [0.25, 0.3) is 0 Å². The van der Waals surface area contributed by atoms with Crippen LogP contribution in [0.3, 0.4) is 0 Å². The van der Waals surface area contributed by atoms with Crippen molar-refractivity contribution in [1.29, 1.82) is 0 Å². The van der Waals surface area contributed by atoms with E-state index in [0.717, 1.165) is 18.2 Å². The molecule has 5 atom stereocenters. The molecule has 5 rings (SSSR count). The average molecular weight is 579 g/mol. The van der Waals surface area contributed by atoms with Crippen LogP contribution in [0.25, 0.3) is 10.8 Å². The van der Waals surface area contributed by atoms with Gasteiger partial charge in [0.2, 0.25) is 23.6 Å². The fraction of sp³-hybridized carbons (Fsp3) is 0.613. The van der Waals surface area contributed by atoms with E-state index in [1.165, 1.54) is 0 Å². The Morgan fingerprint density at radius 1 is 1.12 bits per heavy atom. The highest BCUT2D eigenvalue weighted by molar-refractivity contribution is 5.97. The Balaban J connectivity index is 1.38. The van der Waals surface area contributed by atoms with Gasteiger partial charge in [0, 0.05) is 37.0 Å². The Morgan fingerprint density at radius 2 is 1.81 bits per heavy atom. The Labute approximate surface area is 246 Å². The summed E-state index contributed by atoms with van der Waals surface area (Å²) in [5.41, 5.74) is 5.29. The largest absolute Gasteiger partial charge is 0.381 e. The van der Waals surface area contributed by atoms with Crippen LogP contribution < -0.4 is 16.4 Å². The van der Waals surface area contributed by atoms with Crippen LogP contribution >= 0.6 is 0 Å². The van der Waals surface area contributed by atoms with Crippen molar-refractivity contribution in [3.63, 3.8) is 0 Å². The van der Waals surface area contributed by atoms with Gasteiger partial charge in [0.1, 0.15) is 17.8 Å². The number of hydrogen-bond donors (Lipinski definition) is 3. The lowest BCUT2D eigenvalue weighted by Crippen LogP contribution is -2.59. The smallest absolute Gasteiger partial charge is 0.246 e. The van der Waals surface area contributed by atoms with Crippen molar-refractivity contribution in [2.45, 2.75) is 72.0 Å². The van der Waals surface area contributed by atoms with Gasteiger partial charge in [0.15, 0.2) is 6.04 Å². The lowest BCUT2D eigenvalue weighted by molar-refractivity contribution is -0.146. The molecule has 0 radical (unpaired) electrons. The van der Waals surface area contributed by atoms with Crippen LogP contribution in [0.5, 0.6) is 0 Å². The minimum atomic E-state index is -1.23. The molecule has 3 aliphatic rings. The Hall–Kier alpha value is -3.60. The molecule has 42 heavy (non-hydrogen) atoms. The van der Waals surface area contributed by atoms with E-state index in [9.17, 15) is 19.2 Å². The predicted octanol–water partition coefficient (Wildman–Crippen LogP) is 2.10. The standard InChI is InChI=1S/C31H42N6O5/c1-30(2,3)26(34-21(38)14-17-10-12-42-13-11-17)29(41)37-16-20-22(31(20,4)5)25(37)28(40)35-24(27(32)39)23-19-9-7-6-8-18(19)15-33-36-23/h6-9,15,17,20,22,24-26H,10-14,16H2,1-5H3,(H2,32,39)(H,34,38)(H,35,40)/t20-,22-,24?,25-,26?/m0/s1. The van der Waals surface area contributed by atoms with Crippen molar-refractivity contribution in [2.24, 2.45) is 34.3 Å². The van der Waals surface area contributed by atoms with Crippen molar-refractivity contribution in [2.75, 3.05) is 19.8 Å². The summed E-state index contributed by atoms with van der Waals surface area (Å²) in [6, 6.07) is 4.42. The molecule has 1 aliphatic carbocycles. The van der Waals surface area contributed by atoms with Crippen molar-refractivity contribution in [3.05, 3.63) is 36.2 Å². The number of carbonyl (C=O) groups excluding carboxylic acids is 4. The highest BCUT2D eigenvalue weighted by Crippen LogP contribution is 2.65. The van der Waals surface area contributed by atoms with Crippen LogP contribution in [0.15, 0.2) is 30.5 Å². The van der Waals surface area contributed by atoms with E-state index in [1.807, 2.05) is 39.0 Å². The first-order valence-corrected chi connectivity index (χ1v) is 14.8. The third-order valence-electron chi connectivity index (χ3n) is 9.44. The molecule has 11 nitrogen and oxygen atoms in total. The molecule has 11 heteroatoms. The summed E-state index contributed by atoms with van der Waals surface area (Å²) in [6.07, 6.45) is 3.54. The van der Waals surface area contributed by atoms with Crippen molar-refractivity contribution in [1.82, 2.24) is 25.7 Å². The van der Waals surface area contributed by atoms with E-state index in [4.69, 9.17) is 10.5 Å². The lowest BCUT2D eigenvalue weighted by atomic mass is 9.84. The molecule has 3 heterocycles. The second kappa shape index (κ2) is 11.2.